The van der Waals surface area contributed by atoms with Gasteiger partial charge in [0.15, 0.2) is 17.3 Å². The van der Waals surface area contributed by atoms with Gasteiger partial charge in [0.25, 0.3) is 0 Å². The summed E-state index contributed by atoms with van der Waals surface area (Å²) in [7, 11) is 3.03. The van der Waals surface area contributed by atoms with Crippen LogP contribution in [-0.2, 0) is 0 Å². The lowest BCUT2D eigenvalue weighted by molar-refractivity contribution is 0.101. The molecule has 0 spiro atoms. The van der Waals surface area contributed by atoms with Gasteiger partial charge in [0.1, 0.15) is 0 Å². The molecule has 2 N–H and O–H groups in total. The summed E-state index contributed by atoms with van der Waals surface area (Å²) in [4.78, 5) is 23.2. The van der Waals surface area contributed by atoms with Crippen molar-refractivity contribution < 1.29 is 19.1 Å². The van der Waals surface area contributed by atoms with E-state index in [1.807, 2.05) is 0 Å². The average molecular weight is 352 g/mol. The first kappa shape index (κ1) is 18.9. The number of urea groups is 1. The van der Waals surface area contributed by atoms with Crippen LogP contribution in [0, 0.1) is 11.8 Å². The van der Waals surface area contributed by atoms with E-state index < -0.39 is 6.03 Å². The zero-order valence-corrected chi connectivity index (χ0v) is 14.9. The molecule has 0 aromatic heterocycles. The zero-order chi connectivity index (χ0) is 18.9. The van der Waals surface area contributed by atoms with E-state index in [4.69, 9.17) is 9.47 Å². The Kier molecular flexibility index (Phi) is 6.63. The number of rotatable bonds is 5. The minimum atomic E-state index is -0.405. The molecule has 2 amide bonds. The second kappa shape index (κ2) is 9.14. The van der Waals surface area contributed by atoms with Gasteiger partial charge in [0.05, 0.1) is 26.5 Å². The van der Waals surface area contributed by atoms with Crippen molar-refractivity contribution in [3.05, 3.63) is 53.6 Å². The molecule has 0 aliphatic carbocycles. The quantitative estimate of drug-likeness (QED) is 0.640. The molecule has 134 valence electrons. The number of hydrogen-bond donors (Lipinski definition) is 2. The van der Waals surface area contributed by atoms with Gasteiger partial charge in [-0.05, 0) is 31.2 Å². The summed E-state index contributed by atoms with van der Waals surface area (Å²) in [6, 6.07) is 11.8. The van der Waals surface area contributed by atoms with Gasteiger partial charge in [-0.15, -0.1) is 0 Å². The smallest absolute Gasteiger partial charge is 0.320 e. The average Bonchev–Trinajstić information content (AvgIpc) is 2.65. The number of para-hydroxylation sites is 1. The summed E-state index contributed by atoms with van der Waals surface area (Å²) >= 11 is 0. The van der Waals surface area contributed by atoms with E-state index in [2.05, 4.69) is 22.5 Å². The lowest BCUT2D eigenvalue weighted by atomic mass is 10.1. The zero-order valence-electron chi connectivity index (χ0n) is 14.9. The van der Waals surface area contributed by atoms with E-state index >= 15 is 0 Å². The second-order valence-electron chi connectivity index (χ2n) is 5.28. The number of carbonyl (C=O) groups excluding carboxylic acids is 2. The van der Waals surface area contributed by atoms with E-state index in [0.717, 1.165) is 5.56 Å². The van der Waals surface area contributed by atoms with Gasteiger partial charge in [-0.3, -0.25) is 4.79 Å². The van der Waals surface area contributed by atoms with E-state index in [1.54, 1.807) is 42.5 Å². The van der Waals surface area contributed by atoms with Crippen LogP contribution in [0.5, 0.6) is 11.5 Å². The minimum Gasteiger partial charge on any atom is -0.493 e. The van der Waals surface area contributed by atoms with Crippen LogP contribution in [0.2, 0.25) is 0 Å². The molecule has 2 rings (SSSR count). The Morgan fingerprint density at radius 3 is 2.38 bits per heavy atom. The third-order valence-corrected chi connectivity index (χ3v) is 3.51. The van der Waals surface area contributed by atoms with Gasteiger partial charge < -0.3 is 20.1 Å². The summed E-state index contributed by atoms with van der Waals surface area (Å²) in [6.45, 7) is 1.69. The van der Waals surface area contributed by atoms with Crippen molar-refractivity contribution in [2.45, 2.75) is 6.92 Å². The Labute approximate surface area is 152 Å². The fourth-order valence-electron chi connectivity index (χ4n) is 2.21. The number of ketones is 1. The van der Waals surface area contributed by atoms with Crippen LogP contribution in [0.1, 0.15) is 22.8 Å². The molecule has 0 bridgehead atoms. The van der Waals surface area contributed by atoms with Gasteiger partial charge in [-0.1, -0.05) is 30.0 Å². The van der Waals surface area contributed by atoms with Crippen molar-refractivity contribution in [1.29, 1.82) is 0 Å². The number of benzene rings is 2. The summed E-state index contributed by atoms with van der Waals surface area (Å²) < 4.78 is 10.4. The van der Waals surface area contributed by atoms with E-state index in [9.17, 15) is 9.59 Å². The molecule has 0 saturated heterocycles. The number of anilines is 1. The van der Waals surface area contributed by atoms with Gasteiger partial charge in [0, 0.05) is 11.1 Å². The van der Waals surface area contributed by atoms with Crippen LogP contribution < -0.4 is 20.1 Å². The van der Waals surface area contributed by atoms with E-state index in [1.165, 1.54) is 21.1 Å². The molecule has 0 aliphatic rings. The molecule has 6 heteroatoms. The van der Waals surface area contributed by atoms with Crippen LogP contribution in [0.3, 0.4) is 0 Å². The first-order valence-electron chi connectivity index (χ1n) is 7.91. The van der Waals surface area contributed by atoms with Crippen molar-refractivity contribution >= 4 is 17.5 Å². The normalized spacial score (nSPS) is 9.50. The van der Waals surface area contributed by atoms with Crippen molar-refractivity contribution in [2.75, 3.05) is 26.1 Å². The highest BCUT2D eigenvalue weighted by Crippen LogP contribution is 2.34. The van der Waals surface area contributed by atoms with Gasteiger partial charge in [0.2, 0.25) is 0 Å². The van der Waals surface area contributed by atoms with Crippen LogP contribution in [0.15, 0.2) is 42.5 Å². The Morgan fingerprint density at radius 2 is 1.77 bits per heavy atom. The molecular formula is C20H20N2O4. The molecule has 0 heterocycles. The summed E-state index contributed by atoms with van der Waals surface area (Å²) in [6.07, 6.45) is 0. The molecule has 0 fully saturated rings. The summed E-state index contributed by atoms with van der Waals surface area (Å²) in [5.74, 6) is 6.76. The third-order valence-electron chi connectivity index (χ3n) is 3.51. The Morgan fingerprint density at radius 1 is 1.04 bits per heavy atom. The summed E-state index contributed by atoms with van der Waals surface area (Å²) in [5, 5.41) is 5.34. The molecule has 2 aromatic carbocycles. The highest BCUT2D eigenvalue weighted by atomic mass is 16.5. The minimum absolute atomic E-state index is 0.0100. The van der Waals surface area contributed by atoms with Crippen molar-refractivity contribution in [3.8, 4) is 23.3 Å². The maximum Gasteiger partial charge on any atom is 0.320 e. The fourth-order valence-corrected chi connectivity index (χ4v) is 2.21. The molecule has 0 aliphatic heterocycles. The molecular weight excluding hydrogens is 332 g/mol. The number of nitrogens with one attached hydrogen (secondary N) is 2. The Hall–Kier alpha value is -3.46. The predicted molar refractivity (Wildman–Crippen MR) is 99.9 cm³/mol. The largest absolute Gasteiger partial charge is 0.493 e. The highest BCUT2D eigenvalue weighted by molar-refractivity contribution is 5.94. The lowest BCUT2D eigenvalue weighted by Crippen LogP contribution is -2.29. The highest BCUT2D eigenvalue weighted by Gasteiger charge is 2.11. The van der Waals surface area contributed by atoms with Gasteiger partial charge >= 0.3 is 6.03 Å². The predicted octanol–water partition coefficient (Wildman–Crippen LogP) is 3.08. The van der Waals surface area contributed by atoms with E-state index in [-0.39, 0.29) is 12.3 Å². The molecule has 0 saturated carbocycles. The topological polar surface area (TPSA) is 76.7 Å². The number of ether oxygens (including phenoxy) is 2. The van der Waals surface area contributed by atoms with Crippen LogP contribution in [0.25, 0.3) is 0 Å². The first-order chi connectivity index (χ1) is 12.5. The number of Topliss-reactive ketones (excluding diaryl/α,β-unsaturated/α-hetero) is 1. The molecule has 0 atom stereocenters. The maximum atomic E-state index is 12.0. The first-order valence-corrected chi connectivity index (χ1v) is 7.91. The van der Waals surface area contributed by atoms with Crippen LogP contribution in [-0.4, -0.2) is 32.6 Å². The summed E-state index contributed by atoms with van der Waals surface area (Å²) in [5.41, 5.74) is 1.91. The van der Waals surface area contributed by atoms with Crippen molar-refractivity contribution in [1.82, 2.24) is 5.32 Å². The number of hydrogen-bond acceptors (Lipinski definition) is 4. The molecule has 6 nitrogen and oxygen atoms in total. The lowest BCUT2D eigenvalue weighted by Gasteiger charge is -2.13. The monoisotopic (exact) mass is 352 g/mol. The number of methoxy groups -OCH3 is 2. The third kappa shape index (κ3) is 5.02. The van der Waals surface area contributed by atoms with Crippen molar-refractivity contribution in [2.24, 2.45) is 0 Å². The maximum absolute atomic E-state index is 12.0. The number of amides is 2. The molecule has 0 radical (unpaired) electrons. The van der Waals surface area contributed by atoms with Gasteiger partial charge in [-0.25, -0.2) is 4.79 Å². The Balaban J connectivity index is 1.91. The van der Waals surface area contributed by atoms with E-state index in [0.29, 0.717) is 22.7 Å². The van der Waals surface area contributed by atoms with Crippen LogP contribution in [0.4, 0.5) is 10.5 Å². The number of carbonyl (C=O) groups is 2. The SMILES string of the molecule is COc1cccc(NC(=O)NCC#Cc2ccc(C(C)=O)cc2)c1OC. The Bertz CT molecular complexity index is 848. The van der Waals surface area contributed by atoms with Crippen molar-refractivity contribution in [3.63, 3.8) is 0 Å². The van der Waals surface area contributed by atoms with Crippen LogP contribution >= 0.6 is 0 Å². The molecule has 26 heavy (non-hydrogen) atoms. The standard InChI is InChI=1S/C20H20N2O4/c1-14(23)16-11-9-15(10-12-16)6-5-13-21-20(24)22-17-7-4-8-18(25-2)19(17)26-3/h4,7-12H,13H2,1-3H3,(H2,21,22,24). The van der Waals surface area contributed by atoms with Gasteiger partial charge in [-0.2, -0.15) is 0 Å². The fraction of sp³-hybridized carbons (Fsp3) is 0.200. The second-order valence-corrected chi connectivity index (χ2v) is 5.28. The molecule has 2 aromatic rings. The molecule has 0 unspecified atom stereocenters.